The first-order valence-electron chi connectivity index (χ1n) is 9.80. The van der Waals surface area contributed by atoms with Gasteiger partial charge >= 0.3 is 5.69 Å². The fraction of sp³-hybridized carbons (Fsp3) is 0.136. The minimum atomic E-state index is -0.457. The average molecular weight is 430 g/mol. The minimum Gasteiger partial charge on any atom is -0.279 e. The highest BCUT2D eigenvalue weighted by molar-refractivity contribution is 5.80. The van der Waals surface area contributed by atoms with E-state index in [0.717, 1.165) is 21.4 Å². The first-order valence-corrected chi connectivity index (χ1v) is 9.80. The quantitative estimate of drug-likeness (QED) is 0.323. The lowest BCUT2D eigenvalue weighted by Gasteiger charge is -2.11. The van der Waals surface area contributed by atoms with Crippen LogP contribution in [-0.4, -0.2) is 28.0 Å². The van der Waals surface area contributed by atoms with Gasteiger partial charge in [0.15, 0.2) is 11.2 Å². The van der Waals surface area contributed by atoms with Crippen LogP contribution in [0.4, 0.5) is 5.69 Å². The molecule has 3 heterocycles. The topological polar surface area (TPSA) is 109 Å². The van der Waals surface area contributed by atoms with Crippen molar-refractivity contribution < 1.29 is 4.92 Å². The number of imidazole rings is 2. The van der Waals surface area contributed by atoms with Gasteiger partial charge in [0.05, 0.1) is 16.3 Å². The molecule has 5 rings (SSSR count). The van der Waals surface area contributed by atoms with Crippen LogP contribution in [0.3, 0.4) is 0 Å². The van der Waals surface area contributed by atoms with Crippen LogP contribution in [0.25, 0.3) is 33.9 Å². The molecule has 0 aliphatic rings. The van der Waals surface area contributed by atoms with Gasteiger partial charge in [-0.15, -0.1) is 0 Å². The van der Waals surface area contributed by atoms with Crippen molar-refractivity contribution in [3.8, 4) is 16.9 Å². The third-order valence-electron chi connectivity index (χ3n) is 5.70. The van der Waals surface area contributed by atoms with E-state index >= 15 is 0 Å². The Kier molecular flexibility index (Phi) is 4.12. The van der Waals surface area contributed by atoms with E-state index in [1.54, 1.807) is 29.8 Å². The van der Waals surface area contributed by atoms with Crippen molar-refractivity contribution >= 4 is 22.6 Å². The molecule has 0 aliphatic heterocycles. The van der Waals surface area contributed by atoms with E-state index in [-0.39, 0.29) is 16.9 Å². The molecular formula is C22H18N6O4. The number of nitrogens with zero attached hydrogens (tertiary/aromatic N) is 6. The molecule has 160 valence electrons. The van der Waals surface area contributed by atoms with Crippen molar-refractivity contribution in [1.29, 1.82) is 0 Å². The van der Waals surface area contributed by atoms with Crippen LogP contribution in [0.15, 0.2) is 64.3 Å². The minimum absolute atomic E-state index is 0.0122. The molecule has 3 aromatic heterocycles. The molecule has 0 atom stereocenters. The zero-order valence-corrected chi connectivity index (χ0v) is 17.5. The SMILES string of the molecule is Cc1ccccc1-n1c(-c2ccc([N+](=O)[O-])cc2)cn2c3c(=O)n(C)c(=O)n(C)c3nc12. The summed E-state index contributed by atoms with van der Waals surface area (Å²) in [5.41, 5.74) is 2.88. The molecule has 0 fully saturated rings. The maximum absolute atomic E-state index is 13.0. The van der Waals surface area contributed by atoms with Crippen LogP contribution < -0.4 is 11.2 Å². The Hall–Kier alpha value is -4.47. The lowest BCUT2D eigenvalue weighted by molar-refractivity contribution is -0.384. The highest BCUT2D eigenvalue weighted by Crippen LogP contribution is 2.31. The summed E-state index contributed by atoms with van der Waals surface area (Å²) in [6, 6.07) is 13.9. The molecule has 0 saturated heterocycles. The van der Waals surface area contributed by atoms with Crippen LogP contribution in [0.2, 0.25) is 0 Å². The molecule has 10 heteroatoms. The van der Waals surface area contributed by atoms with Gasteiger partial charge in [0.2, 0.25) is 5.78 Å². The zero-order valence-electron chi connectivity index (χ0n) is 17.5. The first kappa shape index (κ1) is 19.5. The number of rotatable bonds is 3. The van der Waals surface area contributed by atoms with Gasteiger partial charge in [-0.2, -0.15) is 4.98 Å². The van der Waals surface area contributed by atoms with Crippen LogP contribution in [0.5, 0.6) is 0 Å². The molecule has 10 nitrogen and oxygen atoms in total. The van der Waals surface area contributed by atoms with E-state index in [1.807, 2.05) is 35.8 Å². The summed E-state index contributed by atoms with van der Waals surface area (Å²) < 4.78 is 5.95. The highest BCUT2D eigenvalue weighted by atomic mass is 16.6. The molecular weight excluding hydrogens is 412 g/mol. The van der Waals surface area contributed by atoms with Gasteiger partial charge in [-0.1, -0.05) is 18.2 Å². The summed E-state index contributed by atoms with van der Waals surface area (Å²) in [7, 11) is 3.00. The number of aryl methyl sites for hydroxylation is 2. The number of fused-ring (bicyclic) bond motifs is 3. The van der Waals surface area contributed by atoms with Gasteiger partial charge in [0, 0.05) is 38.0 Å². The van der Waals surface area contributed by atoms with E-state index in [9.17, 15) is 19.7 Å². The number of hydrogen-bond donors (Lipinski definition) is 0. The molecule has 0 spiro atoms. The van der Waals surface area contributed by atoms with Crippen molar-refractivity contribution in [3.05, 3.63) is 91.2 Å². The van der Waals surface area contributed by atoms with Crippen molar-refractivity contribution in [3.63, 3.8) is 0 Å². The molecule has 0 amide bonds. The van der Waals surface area contributed by atoms with Gasteiger partial charge in [-0.05, 0) is 30.7 Å². The van der Waals surface area contributed by atoms with Crippen molar-refractivity contribution in [1.82, 2.24) is 23.1 Å². The van der Waals surface area contributed by atoms with Crippen LogP contribution in [0.1, 0.15) is 5.56 Å². The Labute approximate surface area is 180 Å². The molecule has 0 bridgehead atoms. The predicted octanol–water partition coefficient (Wildman–Crippen LogP) is 2.56. The zero-order chi connectivity index (χ0) is 22.7. The Balaban J connectivity index is 1.93. The Morgan fingerprint density at radius 2 is 1.66 bits per heavy atom. The number of nitro groups is 1. The van der Waals surface area contributed by atoms with Crippen LogP contribution >= 0.6 is 0 Å². The largest absolute Gasteiger partial charge is 0.332 e. The van der Waals surface area contributed by atoms with E-state index in [1.165, 1.54) is 23.7 Å². The van der Waals surface area contributed by atoms with Crippen molar-refractivity contribution in [2.24, 2.45) is 14.1 Å². The number of benzene rings is 2. The molecule has 0 radical (unpaired) electrons. The lowest BCUT2D eigenvalue weighted by atomic mass is 10.1. The van der Waals surface area contributed by atoms with Crippen LogP contribution in [-0.2, 0) is 14.1 Å². The Morgan fingerprint density at radius 1 is 0.969 bits per heavy atom. The summed E-state index contributed by atoms with van der Waals surface area (Å²) in [6.07, 6.45) is 1.77. The second kappa shape index (κ2) is 6.77. The molecule has 0 unspecified atom stereocenters. The van der Waals surface area contributed by atoms with Crippen molar-refractivity contribution in [2.45, 2.75) is 6.92 Å². The Morgan fingerprint density at radius 3 is 2.31 bits per heavy atom. The molecule has 0 saturated carbocycles. The van der Waals surface area contributed by atoms with Crippen molar-refractivity contribution in [2.75, 3.05) is 0 Å². The normalized spacial score (nSPS) is 11.5. The first-order chi connectivity index (χ1) is 15.3. The molecule has 0 N–H and O–H groups in total. The van der Waals surface area contributed by atoms with Gasteiger partial charge in [-0.25, -0.2) is 4.79 Å². The number of hydrogen-bond acceptors (Lipinski definition) is 5. The molecule has 32 heavy (non-hydrogen) atoms. The smallest absolute Gasteiger partial charge is 0.279 e. The third kappa shape index (κ3) is 2.62. The lowest BCUT2D eigenvalue weighted by Crippen LogP contribution is -2.37. The Bertz CT molecular complexity index is 1670. The fourth-order valence-corrected chi connectivity index (χ4v) is 3.98. The third-order valence-corrected chi connectivity index (χ3v) is 5.70. The molecule has 2 aromatic carbocycles. The summed E-state index contributed by atoms with van der Waals surface area (Å²) in [4.78, 5) is 40.6. The summed E-state index contributed by atoms with van der Waals surface area (Å²) in [5.74, 6) is 0.459. The van der Waals surface area contributed by atoms with Crippen LogP contribution in [0, 0.1) is 17.0 Å². The monoisotopic (exact) mass is 430 g/mol. The maximum Gasteiger partial charge on any atom is 0.332 e. The second-order valence-electron chi connectivity index (χ2n) is 7.60. The standard InChI is InChI=1S/C22H18N6O4/c1-13-6-4-5-7-16(13)27-17(14-8-10-15(11-9-14)28(31)32)12-26-18-19(23-21(26)27)24(2)22(30)25(3)20(18)29/h4-12H,1-3H3. The number of non-ortho nitro benzene ring substituents is 1. The summed E-state index contributed by atoms with van der Waals surface area (Å²) in [5, 5.41) is 11.1. The molecule has 0 aliphatic carbocycles. The summed E-state index contributed by atoms with van der Waals surface area (Å²) in [6.45, 7) is 1.96. The van der Waals surface area contributed by atoms with E-state index in [0.29, 0.717) is 11.5 Å². The average Bonchev–Trinajstić information content (AvgIpc) is 3.33. The number of aromatic nitrogens is 5. The second-order valence-corrected chi connectivity index (χ2v) is 7.60. The summed E-state index contributed by atoms with van der Waals surface area (Å²) >= 11 is 0. The molecule has 5 aromatic rings. The van der Waals surface area contributed by atoms with E-state index in [2.05, 4.69) is 4.98 Å². The number of nitro benzene ring substituents is 1. The highest BCUT2D eigenvalue weighted by Gasteiger charge is 2.22. The van der Waals surface area contributed by atoms with E-state index in [4.69, 9.17) is 0 Å². The maximum atomic E-state index is 13.0. The predicted molar refractivity (Wildman–Crippen MR) is 119 cm³/mol. The van der Waals surface area contributed by atoms with E-state index < -0.39 is 16.2 Å². The van der Waals surface area contributed by atoms with Gasteiger partial charge in [0.1, 0.15) is 0 Å². The van der Waals surface area contributed by atoms with Gasteiger partial charge < -0.3 is 0 Å². The van der Waals surface area contributed by atoms with Gasteiger partial charge in [0.25, 0.3) is 11.2 Å². The fourth-order valence-electron chi connectivity index (χ4n) is 3.98. The number of para-hydroxylation sites is 1. The van der Waals surface area contributed by atoms with Gasteiger partial charge in [-0.3, -0.25) is 33.0 Å².